The topological polar surface area (TPSA) is 32.7 Å². The molecule has 1 atom stereocenters. The zero-order valence-corrected chi connectivity index (χ0v) is 12.0. The molecule has 19 heavy (non-hydrogen) atoms. The predicted octanol–water partition coefficient (Wildman–Crippen LogP) is 2.24. The zero-order chi connectivity index (χ0) is 13.1. The minimum absolute atomic E-state index is 0.0831. The van der Waals surface area contributed by atoms with Gasteiger partial charge in [-0.15, -0.1) is 0 Å². The number of thioether (sulfide) groups is 1. The van der Waals surface area contributed by atoms with Crippen molar-refractivity contribution in [2.75, 3.05) is 42.7 Å². The van der Waals surface area contributed by atoms with Gasteiger partial charge in [-0.1, -0.05) is 6.07 Å². The summed E-state index contributed by atoms with van der Waals surface area (Å²) in [6.07, 6.45) is 1.78. The van der Waals surface area contributed by atoms with Gasteiger partial charge in [0.2, 0.25) is 0 Å². The standard InChI is InChI=1S/C15H21NO2S/c17-7-3-15-14-2-1-13(11-12(14)4-8-18-15)16-5-9-19-10-6-16/h1-2,11,15,17H,3-10H2/t15-/m0/s1. The Morgan fingerprint density at radius 2 is 2.16 bits per heavy atom. The highest BCUT2D eigenvalue weighted by molar-refractivity contribution is 7.99. The van der Waals surface area contributed by atoms with Gasteiger partial charge in [0.15, 0.2) is 0 Å². The van der Waals surface area contributed by atoms with Gasteiger partial charge < -0.3 is 14.7 Å². The molecule has 1 aromatic carbocycles. The van der Waals surface area contributed by atoms with Crippen LogP contribution in [0.15, 0.2) is 18.2 Å². The molecule has 0 amide bonds. The lowest BCUT2D eigenvalue weighted by atomic mass is 9.95. The minimum atomic E-state index is 0.0831. The number of fused-ring (bicyclic) bond motifs is 1. The molecule has 4 heteroatoms. The Morgan fingerprint density at radius 3 is 2.95 bits per heavy atom. The fraction of sp³-hybridized carbons (Fsp3) is 0.600. The van der Waals surface area contributed by atoms with E-state index in [4.69, 9.17) is 9.84 Å². The molecule has 1 aromatic rings. The van der Waals surface area contributed by atoms with Crippen molar-refractivity contribution in [3.05, 3.63) is 29.3 Å². The lowest BCUT2D eigenvalue weighted by Crippen LogP contribution is -2.32. The van der Waals surface area contributed by atoms with E-state index < -0.39 is 0 Å². The number of aliphatic hydroxyl groups excluding tert-OH is 1. The summed E-state index contributed by atoms with van der Waals surface area (Å²) in [5.74, 6) is 2.46. The van der Waals surface area contributed by atoms with E-state index in [1.807, 2.05) is 11.8 Å². The molecule has 1 saturated heterocycles. The number of nitrogens with zero attached hydrogens (tertiary/aromatic N) is 1. The van der Waals surface area contributed by atoms with Gasteiger partial charge in [-0.2, -0.15) is 11.8 Å². The summed E-state index contributed by atoms with van der Waals surface area (Å²) in [5, 5.41) is 9.11. The van der Waals surface area contributed by atoms with Crippen molar-refractivity contribution in [3.8, 4) is 0 Å². The van der Waals surface area contributed by atoms with E-state index in [9.17, 15) is 0 Å². The van der Waals surface area contributed by atoms with Crippen LogP contribution in [-0.2, 0) is 11.2 Å². The summed E-state index contributed by atoms with van der Waals surface area (Å²) >= 11 is 2.04. The molecule has 0 radical (unpaired) electrons. The summed E-state index contributed by atoms with van der Waals surface area (Å²) in [4.78, 5) is 2.48. The van der Waals surface area contributed by atoms with Gasteiger partial charge in [0.05, 0.1) is 12.7 Å². The average molecular weight is 279 g/mol. The quantitative estimate of drug-likeness (QED) is 0.920. The molecule has 0 saturated carbocycles. The number of hydrogen-bond acceptors (Lipinski definition) is 4. The first-order chi connectivity index (χ1) is 9.38. The highest BCUT2D eigenvalue weighted by Gasteiger charge is 2.21. The van der Waals surface area contributed by atoms with Gasteiger partial charge >= 0.3 is 0 Å². The van der Waals surface area contributed by atoms with Crippen molar-refractivity contribution in [2.45, 2.75) is 18.9 Å². The van der Waals surface area contributed by atoms with Gasteiger partial charge in [-0.05, 0) is 29.7 Å². The first kappa shape index (κ1) is 13.3. The highest BCUT2D eigenvalue weighted by atomic mass is 32.2. The van der Waals surface area contributed by atoms with E-state index in [0.717, 1.165) is 26.1 Å². The minimum Gasteiger partial charge on any atom is -0.396 e. The van der Waals surface area contributed by atoms with Crippen LogP contribution in [0.25, 0.3) is 0 Å². The van der Waals surface area contributed by atoms with Crippen LogP contribution in [0.5, 0.6) is 0 Å². The maximum absolute atomic E-state index is 9.11. The Balaban J connectivity index is 1.82. The van der Waals surface area contributed by atoms with Crippen LogP contribution in [0, 0.1) is 0 Å². The highest BCUT2D eigenvalue weighted by Crippen LogP contribution is 2.32. The molecule has 0 aliphatic carbocycles. The molecule has 0 aromatic heterocycles. The number of benzene rings is 1. The third-order valence-corrected chi connectivity index (χ3v) is 4.87. The first-order valence-corrected chi connectivity index (χ1v) is 8.22. The van der Waals surface area contributed by atoms with Crippen molar-refractivity contribution in [3.63, 3.8) is 0 Å². The van der Waals surface area contributed by atoms with Crippen molar-refractivity contribution >= 4 is 17.4 Å². The number of hydrogen-bond donors (Lipinski definition) is 1. The maximum atomic E-state index is 9.11. The van der Waals surface area contributed by atoms with E-state index in [1.165, 1.54) is 28.3 Å². The Hall–Kier alpha value is -0.710. The number of rotatable bonds is 3. The Morgan fingerprint density at radius 1 is 1.32 bits per heavy atom. The molecule has 2 heterocycles. The van der Waals surface area contributed by atoms with Crippen LogP contribution >= 0.6 is 11.8 Å². The average Bonchev–Trinajstić information content (AvgIpc) is 2.48. The monoisotopic (exact) mass is 279 g/mol. The molecule has 2 aliphatic heterocycles. The van der Waals surface area contributed by atoms with Crippen molar-refractivity contribution in [1.29, 1.82) is 0 Å². The lowest BCUT2D eigenvalue weighted by molar-refractivity contribution is 0.0254. The molecule has 1 fully saturated rings. The smallest absolute Gasteiger partial charge is 0.0849 e. The van der Waals surface area contributed by atoms with Crippen molar-refractivity contribution in [2.24, 2.45) is 0 Å². The molecule has 3 rings (SSSR count). The molecular weight excluding hydrogens is 258 g/mol. The SMILES string of the molecule is OCC[C@@H]1OCCc2cc(N3CCSCC3)ccc21. The molecule has 0 bridgehead atoms. The molecule has 3 nitrogen and oxygen atoms in total. The van der Waals surface area contributed by atoms with E-state index in [1.54, 1.807) is 0 Å². The van der Waals surface area contributed by atoms with E-state index in [0.29, 0.717) is 6.42 Å². The van der Waals surface area contributed by atoms with Crippen molar-refractivity contribution < 1.29 is 9.84 Å². The Bertz CT molecular complexity index is 432. The molecule has 104 valence electrons. The summed E-state index contributed by atoms with van der Waals surface area (Å²) in [5.41, 5.74) is 4.03. The molecule has 2 aliphatic rings. The third kappa shape index (κ3) is 2.91. The van der Waals surface area contributed by atoms with Gasteiger partial charge in [0.1, 0.15) is 0 Å². The second-order valence-electron chi connectivity index (χ2n) is 5.10. The van der Waals surface area contributed by atoms with Crippen LogP contribution in [0.1, 0.15) is 23.7 Å². The first-order valence-electron chi connectivity index (χ1n) is 7.06. The molecular formula is C15H21NO2S. The molecule has 0 unspecified atom stereocenters. The normalized spacial score (nSPS) is 23.2. The van der Waals surface area contributed by atoms with Crippen LogP contribution in [0.4, 0.5) is 5.69 Å². The second-order valence-corrected chi connectivity index (χ2v) is 6.33. The largest absolute Gasteiger partial charge is 0.396 e. The van der Waals surface area contributed by atoms with Gasteiger partial charge in [0, 0.05) is 43.3 Å². The summed E-state index contributed by atoms with van der Waals surface area (Å²) in [7, 11) is 0. The number of aliphatic hydroxyl groups is 1. The molecule has 1 N–H and O–H groups in total. The van der Waals surface area contributed by atoms with Crippen LogP contribution in [0.2, 0.25) is 0 Å². The number of ether oxygens (including phenoxy) is 1. The lowest BCUT2D eigenvalue weighted by Gasteiger charge is -2.31. The second kappa shape index (κ2) is 6.16. The fourth-order valence-electron chi connectivity index (χ4n) is 2.90. The van der Waals surface area contributed by atoms with Crippen LogP contribution < -0.4 is 4.90 Å². The zero-order valence-electron chi connectivity index (χ0n) is 11.2. The Kier molecular flexibility index (Phi) is 4.31. The van der Waals surface area contributed by atoms with E-state index >= 15 is 0 Å². The number of anilines is 1. The maximum Gasteiger partial charge on any atom is 0.0849 e. The van der Waals surface area contributed by atoms with E-state index in [2.05, 4.69) is 23.1 Å². The van der Waals surface area contributed by atoms with E-state index in [-0.39, 0.29) is 12.7 Å². The Labute approximate surface area is 118 Å². The van der Waals surface area contributed by atoms with Crippen LogP contribution in [0.3, 0.4) is 0 Å². The third-order valence-electron chi connectivity index (χ3n) is 3.93. The van der Waals surface area contributed by atoms with Gasteiger partial charge in [-0.25, -0.2) is 0 Å². The summed E-state index contributed by atoms with van der Waals surface area (Å²) < 4.78 is 5.75. The fourth-order valence-corrected chi connectivity index (χ4v) is 3.80. The molecule has 0 spiro atoms. The van der Waals surface area contributed by atoms with Crippen molar-refractivity contribution in [1.82, 2.24) is 0 Å². The summed E-state index contributed by atoms with van der Waals surface area (Å²) in [6.45, 7) is 3.27. The summed E-state index contributed by atoms with van der Waals surface area (Å²) in [6, 6.07) is 6.75. The van der Waals surface area contributed by atoms with Crippen LogP contribution in [-0.4, -0.2) is 42.9 Å². The predicted molar refractivity (Wildman–Crippen MR) is 80.1 cm³/mol. The van der Waals surface area contributed by atoms with Gasteiger partial charge in [0.25, 0.3) is 0 Å². The van der Waals surface area contributed by atoms with Gasteiger partial charge in [-0.3, -0.25) is 0 Å².